The zero-order valence-corrected chi connectivity index (χ0v) is 5.40. The maximum Gasteiger partial charge on any atom is 0.0810 e. The van der Waals surface area contributed by atoms with Crippen molar-refractivity contribution in [1.82, 2.24) is 5.32 Å². The van der Waals surface area contributed by atoms with E-state index in [1.807, 2.05) is 0 Å². The quantitative estimate of drug-likeness (QED) is 0.580. The lowest BCUT2D eigenvalue weighted by atomic mass is 11.0. The van der Waals surface area contributed by atoms with Gasteiger partial charge in [0.2, 0.25) is 0 Å². The van der Waals surface area contributed by atoms with Crippen LogP contribution in [0, 0.1) is 6.20 Å². The maximum atomic E-state index is 3.24. The smallest absolute Gasteiger partial charge is 0.0810 e. The van der Waals surface area contributed by atoms with E-state index in [1.165, 1.54) is 0 Å². The van der Waals surface area contributed by atoms with Crippen molar-refractivity contribution < 1.29 is 0 Å². The average Bonchev–Trinajstić information content (AvgIpc) is 1.86. The molecule has 0 unspecified atom stereocenters. The van der Waals surface area contributed by atoms with Crippen LogP contribution in [0.3, 0.4) is 0 Å². The van der Waals surface area contributed by atoms with Crippen LogP contribution >= 0.6 is 27.7 Å². The summed E-state index contributed by atoms with van der Waals surface area (Å²) in [6.07, 6.45) is 2.87. The predicted molar refractivity (Wildman–Crippen MR) is 31.3 cm³/mol. The summed E-state index contributed by atoms with van der Waals surface area (Å²) in [7, 11) is 0. The Bertz CT molecular complexity index is 80.9. The fraction of sp³-hybridized carbons (Fsp3) is 0.333. The molecule has 1 nitrogen and oxygen atoms in total. The van der Waals surface area contributed by atoms with Crippen molar-refractivity contribution in [3.05, 3.63) is 10.0 Å². The summed E-state index contributed by atoms with van der Waals surface area (Å²) in [5.41, 5.74) is 0. The van der Waals surface area contributed by atoms with Crippen LogP contribution in [0.2, 0.25) is 0 Å². The van der Waals surface area contributed by atoms with E-state index in [4.69, 9.17) is 0 Å². The van der Waals surface area contributed by atoms with Gasteiger partial charge >= 0.3 is 0 Å². The van der Waals surface area contributed by atoms with Crippen molar-refractivity contribution in [1.29, 1.82) is 0 Å². The SMILES string of the molecule is BrC1=[C]NCS1. The molecule has 0 fully saturated rings. The Morgan fingerprint density at radius 3 is 3.00 bits per heavy atom. The minimum atomic E-state index is 0.959. The van der Waals surface area contributed by atoms with Crippen LogP contribution in [0.4, 0.5) is 0 Å². The molecule has 0 atom stereocenters. The molecule has 1 radical (unpaired) electrons. The first-order valence-electron chi connectivity index (χ1n) is 1.54. The Labute approximate surface area is 49.3 Å². The zero-order chi connectivity index (χ0) is 4.41. The predicted octanol–water partition coefficient (Wildman–Crippen LogP) is 1.28. The van der Waals surface area contributed by atoms with Crippen molar-refractivity contribution in [2.75, 3.05) is 5.88 Å². The second-order valence-corrected chi connectivity index (χ2v) is 3.17. The highest BCUT2D eigenvalue weighted by atomic mass is 79.9. The van der Waals surface area contributed by atoms with Gasteiger partial charge in [-0.1, -0.05) is 11.8 Å². The minimum Gasteiger partial charge on any atom is -0.373 e. The Hall–Kier alpha value is 0.370. The second kappa shape index (κ2) is 1.89. The van der Waals surface area contributed by atoms with Gasteiger partial charge in [-0.15, -0.1) is 0 Å². The third-order valence-corrected chi connectivity index (χ3v) is 1.99. The van der Waals surface area contributed by atoms with E-state index >= 15 is 0 Å². The summed E-state index contributed by atoms with van der Waals surface area (Å²) in [6, 6.07) is 0. The Kier molecular flexibility index (Phi) is 1.42. The number of halogens is 1. The number of hydrogen-bond donors (Lipinski definition) is 1. The van der Waals surface area contributed by atoms with Crippen LogP contribution in [0.15, 0.2) is 3.81 Å². The molecule has 0 aliphatic carbocycles. The van der Waals surface area contributed by atoms with E-state index in [-0.39, 0.29) is 0 Å². The molecule has 0 spiro atoms. The average molecular weight is 165 g/mol. The van der Waals surface area contributed by atoms with Gasteiger partial charge in [0.15, 0.2) is 0 Å². The molecule has 1 aliphatic rings. The van der Waals surface area contributed by atoms with Gasteiger partial charge in [0.05, 0.1) is 15.9 Å². The fourth-order valence-corrected chi connectivity index (χ4v) is 1.14. The van der Waals surface area contributed by atoms with Crippen LogP contribution in [-0.2, 0) is 0 Å². The molecule has 6 heavy (non-hydrogen) atoms. The van der Waals surface area contributed by atoms with Gasteiger partial charge in [-0.05, 0) is 15.9 Å². The lowest BCUT2D eigenvalue weighted by Crippen LogP contribution is -1.94. The van der Waals surface area contributed by atoms with Gasteiger partial charge in [0.25, 0.3) is 0 Å². The maximum absolute atomic E-state index is 3.24. The number of thioether (sulfide) groups is 1. The summed E-state index contributed by atoms with van der Waals surface area (Å²) in [6.45, 7) is 0. The van der Waals surface area contributed by atoms with Gasteiger partial charge in [-0.2, -0.15) is 0 Å². The largest absolute Gasteiger partial charge is 0.373 e. The van der Waals surface area contributed by atoms with Crippen LogP contribution in [0.5, 0.6) is 0 Å². The van der Waals surface area contributed by atoms with E-state index in [9.17, 15) is 0 Å². The number of rotatable bonds is 0. The summed E-state index contributed by atoms with van der Waals surface area (Å²) in [4.78, 5) is 0. The molecular weight excluding hydrogens is 162 g/mol. The molecule has 0 saturated carbocycles. The topological polar surface area (TPSA) is 12.0 Å². The van der Waals surface area contributed by atoms with Gasteiger partial charge in [-0.3, -0.25) is 0 Å². The summed E-state index contributed by atoms with van der Waals surface area (Å²) >= 11 is 4.95. The first kappa shape index (κ1) is 4.53. The molecule has 0 bridgehead atoms. The highest BCUT2D eigenvalue weighted by Crippen LogP contribution is 2.22. The number of hydrogen-bond acceptors (Lipinski definition) is 2. The van der Waals surface area contributed by atoms with Crippen LogP contribution in [0.1, 0.15) is 0 Å². The van der Waals surface area contributed by atoms with Gasteiger partial charge < -0.3 is 5.32 Å². The highest BCUT2D eigenvalue weighted by molar-refractivity contribution is 9.14. The first-order valence-corrected chi connectivity index (χ1v) is 3.31. The second-order valence-electron chi connectivity index (χ2n) is 0.864. The van der Waals surface area contributed by atoms with Crippen molar-refractivity contribution in [2.45, 2.75) is 0 Å². The van der Waals surface area contributed by atoms with Crippen LogP contribution < -0.4 is 5.32 Å². The molecule has 33 valence electrons. The van der Waals surface area contributed by atoms with Gasteiger partial charge in [0, 0.05) is 0 Å². The highest BCUT2D eigenvalue weighted by Gasteiger charge is 1.97. The third-order valence-electron chi connectivity index (χ3n) is 0.458. The van der Waals surface area contributed by atoms with E-state index in [0.717, 1.165) is 9.69 Å². The first-order chi connectivity index (χ1) is 2.89. The molecule has 1 N–H and O–H groups in total. The van der Waals surface area contributed by atoms with Gasteiger partial charge in [0.1, 0.15) is 0 Å². The summed E-state index contributed by atoms with van der Waals surface area (Å²) in [5, 5.41) is 2.90. The van der Waals surface area contributed by atoms with E-state index < -0.39 is 0 Å². The van der Waals surface area contributed by atoms with Crippen molar-refractivity contribution >= 4 is 27.7 Å². The van der Waals surface area contributed by atoms with E-state index in [1.54, 1.807) is 11.8 Å². The zero-order valence-electron chi connectivity index (χ0n) is 2.99. The molecule has 3 heteroatoms. The molecule has 0 amide bonds. The van der Waals surface area contributed by atoms with E-state index in [2.05, 4.69) is 27.4 Å². The molecule has 0 aromatic heterocycles. The molecule has 0 saturated heterocycles. The third kappa shape index (κ3) is 0.914. The Morgan fingerprint density at radius 1 is 2.00 bits per heavy atom. The van der Waals surface area contributed by atoms with Crippen molar-refractivity contribution in [3.63, 3.8) is 0 Å². The lowest BCUT2D eigenvalue weighted by Gasteiger charge is -1.78. The Balaban J connectivity index is 2.45. The van der Waals surface area contributed by atoms with Crippen LogP contribution in [0.25, 0.3) is 0 Å². The fourth-order valence-electron chi connectivity index (χ4n) is 0.241. The normalized spacial score (nSPS) is 19.8. The standard InChI is InChI=1S/C3H3BrNS/c4-3-1-5-2-6-3/h5H,2H2. The van der Waals surface area contributed by atoms with Crippen LogP contribution in [-0.4, -0.2) is 5.88 Å². The molecule has 0 aromatic carbocycles. The molecule has 1 aliphatic heterocycles. The minimum absolute atomic E-state index is 0.959. The monoisotopic (exact) mass is 164 g/mol. The summed E-state index contributed by atoms with van der Waals surface area (Å²) in [5.74, 6) is 0.959. The van der Waals surface area contributed by atoms with Crippen molar-refractivity contribution in [2.24, 2.45) is 0 Å². The van der Waals surface area contributed by atoms with Crippen molar-refractivity contribution in [3.8, 4) is 0 Å². The van der Waals surface area contributed by atoms with E-state index in [0.29, 0.717) is 0 Å². The molecular formula is C3H3BrNS. The lowest BCUT2D eigenvalue weighted by molar-refractivity contribution is 1.05. The van der Waals surface area contributed by atoms with Gasteiger partial charge in [-0.25, -0.2) is 0 Å². The Morgan fingerprint density at radius 2 is 2.83 bits per heavy atom. The number of nitrogens with one attached hydrogen (secondary N) is 1. The summed E-state index contributed by atoms with van der Waals surface area (Å²) < 4.78 is 1.07. The molecule has 1 heterocycles. The molecule has 1 rings (SSSR count). The molecule has 0 aromatic rings.